The van der Waals surface area contributed by atoms with Crippen LogP contribution >= 0.6 is 0 Å². The van der Waals surface area contributed by atoms with Gasteiger partial charge in [-0.2, -0.15) is 5.21 Å². The number of aromatic amines is 1. The van der Waals surface area contributed by atoms with Gasteiger partial charge in [0.05, 0.1) is 19.0 Å². The first-order valence-corrected chi connectivity index (χ1v) is 11.3. The number of alkyl halides is 1. The van der Waals surface area contributed by atoms with Gasteiger partial charge in [-0.1, -0.05) is 47.7 Å². The third-order valence-electron chi connectivity index (χ3n) is 6.37. The SMILES string of the molecule is O=C(N[C@@H](c1ccccc1)c1ccc(C2CC2)c(F)c1)[C@@H]1C[C@@H](F)CN1C(=O)Cc1nn[nH]n1. The zero-order chi connectivity index (χ0) is 23.7. The Bertz CT molecular complexity index is 1170. The molecule has 0 bridgehead atoms. The van der Waals surface area contributed by atoms with Crippen LogP contribution in [-0.4, -0.2) is 56.1 Å². The fourth-order valence-electron chi connectivity index (χ4n) is 4.49. The summed E-state index contributed by atoms with van der Waals surface area (Å²) in [5.41, 5.74) is 2.03. The van der Waals surface area contributed by atoms with Crippen molar-refractivity contribution in [2.45, 2.75) is 49.9 Å². The van der Waals surface area contributed by atoms with E-state index in [9.17, 15) is 18.4 Å². The van der Waals surface area contributed by atoms with Crippen molar-refractivity contribution in [1.82, 2.24) is 30.8 Å². The molecule has 10 heteroatoms. The van der Waals surface area contributed by atoms with Gasteiger partial charge < -0.3 is 10.2 Å². The van der Waals surface area contributed by atoms with Gasteiger partial charge in [-0.25, -0.2) is 8.78 Å². The number of hydrogen-bond donors (Lipinski definition) is 2. The lowest BCUT2D eigenvalue weighted by Gasteiger charge is -2.27. The number of rotatable bonds is 7. The fraction of sp³-hybridized carbons (Fsp3) is 0.375. The third kappa shape index (κ3) is 4.66. The van der Waals surface area contributed by atoms with Crippen LogP contribution < -0.4 is 5.32 Å². The lowest BCUT2D eigenvalue weighted by molar-refractivity contribution is -0.138. The molecule has 2 fully saturated rings. The van der Waals surface area contributed by atoms with Crippen LogP contribution in [-0.2, 0) is 16.0 Å². The standard InChI is InChI=1S/C24H24F2N6O2/c25-17-11-20(32(13-17)22(33)12-21-28-30-31-29-21)24(34)27-23(15-4-2-1-3-5-15)16-8-9-18(14-6-7-14)19(26)10-16/h1-5,8-10,14,17,20,23H,6-7,11-13H2,(H,27,34)(H,28,29,30,31)/t17-,20+,23+/m1/s1. The molecule has 1 saturated carbocycles. The molecule has 2 amide bonds. The molecule has 3 atom stereocenters. The first kappa shape index (κ1) is 22.1. The van der Waals surface area contributed by atoms with Crippen molar-refractivity contribution in [2.24, 2.45) is 0 Å². The fourth-order valence-corrected chi connectivity index (χ4v) is 4.49. The lowest BCUT2D eigenvalue weighted by Crippen LogP contribution is -2.47. The van der Waals surface area contributed by atoms with E-state index < -0.39 is 30.1 Å². The molecule has 3 aromatic rings. The number of nitrogens with one attached hydrogen (secondary N) is 2. The molecule has 0 radical (unpaired) electrons. The summed E-state index contributed by atoms with van der Waals surface area (Å²) in [6.07, 6.45) is 0.336. The summed E-state index contributed by atoms with van der Waals surface area (Å²) in [5, 5.41) is 16.1. The molecule has 0 spiro atoms. The van der Waals surface area contributed by atoms with Crippen LogP contribution in [0.1, 0.15) is 53.7 Å². The Hall–Kier alpha value is -3.69. The highest BCUT2D eigenvalue weighted by atomic mass is 19.1. The average Bonchev–Trinajstić information content (AvgIpc) is 3.40. The summed E-state index contributed by atoms with van der Waals surface area (Å²) in [5.74, 6) is -0.825. The van der Waals surface area contributed by atoms with E-state index in [1.54, 1.807) is 6.07 Å². The molecule has 2 aromatic carbocycles. The van der Waals surface area contributed by atoms with Crippen molar-refractivity contribution >= 4 is 11.8 Å². The lowest BCUT2D eigenvalue weighted by atomic mass is 9.96. The number of benzene rings is 2. The zero-order valence-electron chi connectivity index (χ0n) is 18.3. The van der Waals surface area contributed by atoms with E-state index in [1.807, 2.05) is 36.4 Å². The molecule has 1 aromatic heterocycles. The number of halogens is 2. The van der Waals surface area contributed by atoms with Crippen LogP contribution in [0.15, 0.2) is 48.5 Å². The van der Waals surface area contributed by atoms with Crippen molar-refractivity contribution in [3.8, 4) is 0 Å². The van der Waals surface area contributed by atoms with E-state index in [-0.39, 0.29) is 36.9 Å². The molecule has 2 aliphatic rings. The van der Waals surface area contributed by atoms with E-state index in [4.69, 9.17) is 0 Å². The van der Waals surface area contributed by atoms with Gasteiger partial charge in [-0.05, 0) is 41.5 Å². The number of tetrazole rings is 1. The van der Waals surface area contributed by atoms with E-state index in [0.29, 0.717) is 11.1 Å². The number of H-pyrrole nitrogens is 1. The largest absolute Gasteiger partial charge is 0.343 e. The first-order valence-electron chi connectivity index (χ1n) is 11.3. The minimum Gasteiger partial charge on any atom is -0.343 e. The Kier molecular flexibility index (Phi) is 6.04. The van der Waals surface area contributed by atoms with Crippen LogP contribution in [0.3, 0.4) is 0 Å². The normalized spacial score (nSPS) is 20.8. The van der Waals surface area contributed by atoms with Gasteiger partial charge in [0, 0.05) is 6.42 Å². The van der Waals surface area contributed by atoms with Crippen molar-refractivity contribution in [3.05, 3.63) is 76.9 Å². The van der Waals surface area contributed by atoms with Crippen molar-refractivity contribution in [1.29, 1.82) is 0 Å². The summed E-state index contributed by atoms with van der Waals surface area (Å²) in [4.78, 5) is 27.3. The number of amides is 2. The van der Waals surface area contributed by atoms with E-state index in [2.05, 4.69) is 25.9 Å². The summed E-state index contributed by atoms with van der Waals surface area (Å²) in [6, 6.07) is 12.6. The second-order valence-electron chi connectivity index (χ2n) is 8.81. The monoisotopic (exact) mass is 466 g/mol. The number of nitrogens with zero attached hydrogens (tertiary/aromatic N) is 4. The number of likely N-dealkylation sites (tertiary alicyclic amines) is 1. The van der Waals surface area contributed by atoms with Gasteiger partial charge in [-0.15, -0.1) is 10.2 Å². The Morgan fingerprint density at radius 2 is 1.94 bits per heavy atom. The van der Waals surface area contributed by atoms with Crippen molar-refractivity contribution in [2.75, 3.05) is 6.54 Å². The molecule has 0 unspecified atom stereocenters. The maximum Gasteiger partial charge on any atom is 0.243 e. The third-order valence-corrected chi connectivity index (χ3v) is 6.37. The minimum atomic E-state index is -1.32. The number of carbonyl (C=O) groups excluding carboxylic acids is 2. The zero-order valence-corrected chi connectivity index (χ0v) is 18.3. The van der Waals surface area contributed by atoms with Crippen LogP contribution in [0.4, 0.5) is 8.78 Å². The number of hydrogen-bond acceptors (Lipinski definition) is 5. The average molecular weight is 466 g/mol. The maximum atomic E-state index is 14.8. The van der Waals surface area contributed by atoms with E-state index >= 15 is 0 Å². The smallest absolute Gasteiger partial charge is 0.243 e. The number of aromatic nitrogens is 4. The molecule has 8 nitrogen and oxygen atoms in total. The molecule has 176 valence electrons. The predicted octanol–water partition coefficient (Wildman–Crippen LogP) is 2.60. The summed E-state index contributed by atoms with van der Waals surface area (Å²) in [6.45, 7) is -0.185. The maximum absolute atomic E-state index is 14.8. The quantitative estimate of drug-likeness (QED) is 0.557. The van der Waals surface area contributed by atoms with Crippen molar-refractivity contribution < 1.29 is 18.4 Å². The second kappa shape index (κ2) is 9.28. The first-order chi connectivity index (χ1) is 16.5. The Labute approximate surface area is 194 Å². The van der Waals surface area contributed by atoms with Gasteiger partial charge in [-0.3, -0.25) is 9.59 Å². The van der Waals surface area contributed by atoms with E-state index in [1.165, 1.54) is 11.0 Å². The van der Waals surface area contributed by atoms with Gasteiger partial charge in [0.1, 0.15) is 18.0 Å². The van der Waals surface area contributed by atoms with Gasteiger partial charge >= 0.3 is 0 Å². The molecule has 2 heterocycles. The minimum absolute atomic E-state index is 0.111. The topological polar surface area (TPSA) is 104 Å². The van der Waals surface area contributed by atoms with Gasteiger partial charge in [0.25, 0.3) is 0 Å². The molecular formula is C24H24F2N6O2. The highest BCUT2D eigenvalue weighted by molar-refractivity contribution is 5.89. The van der Waals surface area contributed by atoms with Crippen LogP contribution in [0, 0.1) is 5.82 Å². The molecular weight excluding hydrogens is 442 g/mol. The number of carbonyl (C=O) groups is 2. The summed E-state index contributed by atoms with van der Waals surface area (Å²) < 4.78 is 29.1. The molecule has 1 saturated heterocycles. The summed E-state index contributed by atoms with van der Waals surface area (Å²) in [7, 11) is 0. The predicted molar refractivity (Wildman–Crippen MR) is 118 cm³/mol. The van der Waals surface area contributed by atoms with Gasteiger partial charge in [0.15, 0.2) is 5.82 Å². The van der Waals surface area contributed by atoms with Crippen LogP contribution in [0.2, 0.25) is 0 Å². The highest BCUT2D eigenvalue weighted by Crippen LogP contribution is 2.42. The van der Waals surface area contributed by atoms with Gasteiger partial charge in [0.2, 0.25) is 11.8 Å². The molecule has 34 heavy (non-hydrogen) atoms. The van der Waals surface area contributed by atoms with Crippen LogP contribution in [0.5, 0.6) is 0 Å². The molecule has 1 aliphatic carbocycles. The highest BCUT2D eigenvalue weighted by Gasteiger charge is 2.40. The van der Waals surface area contributed by atoms with Crippen molar-refractivity contribution in [3.63, 3.8) is 0 Å². The van der Waals surface area contributed by atoms with E-state index in [0.717, 1.165) is 18.4 Å². The Morgan fingerprint density at radius 3 is 2.62 bits per heavy atom. The molecule has 2 N–H and O–H groups in total. The summed E-state index contributed by atoms with van der Waals surface area (Å²) >= 11 is 0. The Morgan fingerprint density at radius 1 is 1.15 bits per heavy atom. The molecule has 1 aliphatic heterocycles. The second-order valence-corrected chi connectivity index (χ2v) is 8.81. The Balaban J connectivity index is 1.38. The van der Waals surface area contributed by atoms with Crippen LogP contribution in [0.25, 0.3) is 0 Å². The molecule has 5 rings (SSSR count).